The van der Waals surface area contributed by atoms with Gasteiger partial charge in [-0.05, 0) is 92.1 Å². The first-order valence-corrected chi connectivity index (χ1v) is 12.2. The number of nitrogens with zero attached hydrogens (tertiary/aromatic N) is 2. The predicted molar refractivity (Wildman–Crippen MR) is 140 cm³/mol. The van der Waals surface area contributed by atoms with Crippen molar-refractivity contribution in [3.05, 3.63) is 65.5 Å². The van der Waals surface area contributed by atoms with Gasteiger partial charge in [-0.2, -0.15) is 0 Å². The van der Waals surface area contributed by atoms with E-state index >= 15 is 0 Å². The molecule has 2 aromatic rings. The molecule has 37 heavy (non-hydrogen) atoms. The van der Waals surface area contributed by atoms with Crippen molar-refractivity contribution in [3.8, 4) is 23.3 Å². The number of benzene rings is 2. The van der Waals surface area contributed by atoms with E-state index in [1.54, 1.807) is 36.1 Å². The maximum atomic E-state index is 13.1. The van der Waals surface area contributed by atoms with Gasteiger partial charge in [-0.1, -0.05) is 5.92 Å². The number of nitrogens with one attached hydrogen (secondary N) is 1. The van der Waals surface area contributed by atoms with Crippen molar-refractivity contribution in [2.24, 2.45) is 22.4 Å². The molecule has 1 unspecified atom stereocenters. The molecule has 0 saturated carbocycles. The van der Waals surface area contributed by atoms with Crippen molar-refractivity contribution in [3.63, 3.8) is 0 Å². The molecule has 1 saturated heterocycles. The fraction of sp³-hybridized carbons (Fsp3) is 0.321. The van der Waals surface area contributed by atoms with E-state index in [0.717, 1.165) is 19.3 Å². The van der Waals surface area contributed by atoms with E-state index in [1.165, 1.54) is 24.3 Å². The summed E-state index contributed by atoms with van der Waals surface area (Å²) in [6.07, 6.45) is 2.49. The molecule has 0 spiro atoms. The van der Waals surface area contributed by atoms with Crippen LogP contribution in [0.5, 0.6) is 11.5 Å². The second-order valence-corrected chi connectivity index (χ2v) is 9.01. The second-order valence-electron chi connectivity index (χ2n) is 9.01. The Morgan fingerprint density at radius 3 is 2.24 bits per heavy atom. The maximum Gasteiger partial charge on any atom is 0.298 e. The Kier molecular flexibility index (Phi) is 8.08. The Hall–Kier alpha value is -4.32. The molecule has 9 heteroatoms. The van der Waals surface area contributed by atoms with Crippen LogP contribution in [0.1, 0.15) is 31.7 Å². The van der Waals surface area contributed by atoms with E-state index in [2.05, 4.69) is 22.2 Å². The molecule has 2 amide bonds. The second kappa shape index (κ2) is 11.6. The third-order valence-corrected chi connectivity index (χ3v) is 6.63. The molecule has 192 valence electrons. The van der Waals surface area contributed by atoms with E-state index in [9.17, 15) is 14.0 Å². The summed E-state index contributed by atoms with van der Waals surface area (Å²) in [5, 5.41) is 3.40. The molecule has 2 heterocycles. The number of aliphatic imine (C=N–C) groups is 1. The highest BCUT2D eigenvalue weighted by molar-refractivity contribution is 6.25. The zero-order valence-corrected chi connectivity index (χ0v) is 20.7. The Labute approximate surface area is 215 Å². The number of amides is 2. The molecule has 5 N–H and O–H groups in total. The van der Waals surface area contributed by atoms with Gasteiger partial charge in [-0.25, -0.2) is 4.39 Å². The lowest BCUT2D eigenvalue weighted by molar-refractivity contribution is -0.126. The van der Waals surface area contributed by atoms with Crippen molar-refractivity contribution in [1.29, 1.82) is 0 Å². The van der Waals surface area contributed by atoms with Crippen molar-refractivity contribution >= 4 is 23.3 Å². The van der Waals surface area contributed by atoms with E-state index in [1.807, 2.05) is 0 Å². The minimum Gasteiger partial charge on any atom is -0.457 e. The van der Waals surface area contributed by atoms with Gasteiger partial charge in [-0.15, -0.1) is 0 Å². The number of carbonyl (C=O) groups excluding carboxylic acids is 2. The lowest BCUT2D eigenvalue weighted by Gasteiger charge is -2.37. The molecule has 1 atom stereocenters. The summed E-state index contributed by atoms with van der Waals surface area (Å²) in [6.45, 7) is 3.50. The highest BCUT2D eigenvalue weighted by Gasteiger charge is 2.32. The van der Waals surface area contributed by atoms with Crippen LogP contribution < -0.4 is 21.5 Å². The number of hydrogen-bond donors (Lipinski definition) is 3. The van der Waals surface area contributed by atoms with Crippen LogP contribution in [0, 0.1) is 23.6 Å². The highest BCUT2D eigenvalue weighted by Crippen LogP contribution is 2.27. The minimum atomic E-state index is -0.672. The van der Waals surface area contributed by atoms with E-state index in [-0.39, 0.29) is 29.0 Å². The Balaban J connectivity index is 1.46. The zero-order chi connectivity index (χ0) is 26.4. The Bertz CT molecular complexity index is 1270. The quantitative estimate of drug-likeness (QED) is 0.413. The minimum absolute atomic E-state index is 0.0932. The van der Waals surface area contributed by atoms with Crippen LogP contribution in [-0.4, -0.2) is 48.2 Å². The summed E-state index contributed by atoms with van der Waals surface area (Å²) >= 11 is 0. The number of rotatable bonds is 6. The molecular weight excluding hydrogens is 473 g/mol. The summed E-state index contributed by atoms with van der Waals surface area (Å²) in [7, 11) is 0. The number of hydrogen-bond acceptors (Lipinski definition) is 6. The first kappa shape index (κ1) is 25.8. The summed E-state index contributed by atoms with van der Waals surface area (Å²) < 4.78 is 18.8. The normalized spacial score (nSPS) is 18.5. The van der Waals surface area contributed by atoms with Crippen LogP contribution in [0.4, 0.5) is 4.39 Å². The van der Waals surface area contributed by atoms with Crippen molar-refractivity contribution in [1.82, 2.24) is 10.2 Å². The molecule has 1 fully saturated rings. The number of nitrogens with two attached hydrogens (primary N) is 2. The van der Waals surface area contributed by atoms with Crippen molar-refractivity contribution in [2.75, 3.05) is 19.6 Å². The predicted octanol–water partition coefficient (Wildman–Crippen LogP) is 2.80. The zero-order valence-electron chi connectivity index (χ0n) is 20.7. The molecular formula is C28H30FN5O3. The monoisotopic (exact) mass is 503 g/mol. The molecule has 4 rings (SSSR count). The molecule has 2 aliphatic heterocycles. The third-order valence-electron chi connectivity index (χ3n) is 6.63. The Morgan fingerprint density at radius 1 is 1.03 bits per heavy atom. The Morgan fingerprint density at radius 2 is 1.65 bits per heavy atom. The largest absolute Gasteiger partial charge is 0.457 e. The van der Waals surface area contributed by atoms with Crippen LogP contribution in [0.3, 0.4) is 0 Å². The summed E-state index contributed by atoms with van der Waals surface area (Å²) in [6, 6.07) is 12.7. The van der Waals surface area contributed by atoms with Gasteiger partial charge in [0.1, 0.15) is 28.7 Å². The maximum absolute atomic E-state index is 13.1. The van der Waals surface area contributed by atoms with Gasteiger partial charge < -0.3 is 26.4 Å². The van der Waals surface area contributed by atoms with E-state index in [4.69, 9.17) is 16.2 Å². The summed E-state index contributed by atoms with van der Waals surface area (Å²) in [4.78, 5) is 30.8. The van der Waals surface area contributed by atoms with Crippen LogP contribution >= 0.6 is 0 Å². The van der Waals surface area contributed by atoms with Gasteiger partial charge in [0.05, 0.1) is 5.70 Å². The van der Waals surface area contributed by atoms with Crippen LogP contribution in [0.25, 0.3) is 5.70 Å². The smallest absolute Gasteiger partial charge is 0.298 e. The number of primary amides is 1. The molecule has 2 aliphatic rings. The van der Waals surface area contributed by atoms with Crippen LogP contribution in [-0.2, 0) is 9.59 Å². The number of piperidine rings is 1. The highest BCUT2D eigenvalue weighted by atomic mass is 19.1. The topological polar surface area (TPSA) is 123 Å². The van der Waals surface area contributed by atoms with Gasteiger partial charge in [0, 0.05) is 25.7 Å². The first-order chi connectivity index (χ1) is 17.9. The molecule has 8 nitrogen and oxygen atoms in total. The van der Waals surface area contributed by atoms with Crippen molar-refractivity contribution in [2.45, 2.75) is 32.2 Å². The molecule has 0 radical (unpaired) electrons. The molecule has 2 aromatic carbocycles. The van der Waals surface area contributed by atoms with Gasteiger partial charge in [-0.3, -0.25) is 14.6 Å². The SMILES string of the molecule is CC#CC(=O)N1CCC(C2CCN=C(C(C(N)=O)=C(N)c3ccc(Oc4ccc(F)cc4)cc3)N2)CC1. The standard InChI is InChI=1S/C28H30FN5O3/c1-2-3-24(35)34-16-13-18(14-17-34)23-12-15-32-28(33-23)25(27(31)36)26(30)19-4-8-21(9-5-19)37-22-10-6-20(29)7-11-22/h4-11,18,23H,12-17,30H2,1H3,(H2,31,36)(H,32,33). The van der Waals surface area contributed by atoms with Crippen LogP contribution in [0.2, 0.25) is 0 Å². The number of amidine groups is 1. The van der Waals surface area contributed by atoms with Gasteiger partial charge >= 0.3 is 0 Å². The van der Waals surface area contributed by atoms with Gasteiger partial charge in [0.15, 0.2) is 0 Å². The molecule has 0 aromatic heterocycles. The summed E-state index contributed by atoms with van der Waals surface area (Å²) in [5.41, 5.74) is 13.1. The van der Waals surface area contributed by atoms with Gasteiger partial charge in [0.25, 0.3) is 11.8 Å². The average molecular weight is 504 g/mol. The average Bonchev–Trinajstić information content (AvgIpc) is 2.91. The van der Waals surface area contributed by atoms with Crippen molar-refractivity contribution < 1.29 is 18.7 Å². The number of carbonyl (C=O) groups is 2. The number of halogens is 1. The molecule has 0 aliphatic carbocycles. The van der Waals surface area contributed by atoms with E-state index in [0.29, 0.717) is 48.5 Å². The fourth-order valence-electron chi connectivity index (χ4n) is 4.67. The third kappa shape index (κ3) is 6.28. The van der Waals surface area contributed by atoms with E-state index < -0.39 is 5.91 Å². The van der Waals surface area contributed by atoms with Gasteiger partial charge in [0.2, 0.25) is 0 Å². The lowest BCUT2D eigenvalue weighted by Crippen LogP contribution is -2.50. The lowest BCUT2D eigenvalue weighted by atomic mass is 9.86. The number of likely N-dealkylation sites (tertiary alicyclic amines) is 1. The van der Waals surface area contributed by atoms with Crippen LogP contribution in [0.15, 0.2) is 59.1 Å². The fourth-order valence-corrected chi connectivity index (χ4v) is 4.67. The first-order valence-electron chi connectivity index (χ1n) is 12.2. The molecule has 0 bridgehead atoms. The summed E-state index contributed by atoms with van der Waals surface area (Å²) in [5.74, 6) is 5.85. The number of ether oxygens (including phenoxy) is 1.